The van der Waals surface area contributed by atoms with Crippen molar-refractivity contribution in [3.63, 3.8) is 0 Å². The van der Waals surface area contributed by atoms with Gasteiger partial charge in [-0.05, 0) is 19.4 Å². The van der Waals surface area contributed by atoms with Crippen molar-refractivity contribution in [3.05, 3.63) is 34.9 Å². The number of amides is 1. The largest absolute Gasteiger partial charge is 0.477 e. The van der Waals surface area contributed by atoms with Gasteiger partial charge in [0.2, 0.25) is 0 Å². The molecule has 0 saturated carbocycles. The lowest BCUT2D eigenvalue weighted by molar-refractivity contribution is 0.0690. The summed E-state index contributed by atoms with van der Waals surface area (Å²) >= 11 is 0. The van der Waals surface area contributed by atoms with Crippen molar-refractivity contribution >= 4 is 17.6 Å². The van der Waals surface area contributed by atoms with Crippen LogP contribution < -0.4 is 5.32 Å². The van der Waals surface area contributed by atoms with Gasteiger partial charge in [-0.15, -0.1) is 0 Å². The predicted octanol–water partition coefficient (Wildman–Crippen LogP) is 1.31. The number of rotatable bonds is 3. The number of carboxylic acid groups (broad SMARTS) is 1. The van der Waals surface area contributed by atoms with Gasteiger partial charge in [-0.1, -0.05) is 0 Å². The van der Waals surface area contributed by atoms with Gasteiger partial charge in [0.05, 0.1) is 17.4 Å². The molecule has 2 rings (SSSR count). The summed E-state index contributed by atoms with van der Waals surface area (Å²) in [5.74, 6) is -1.45. The van der Waals surface area contributed by atoms with E-state index in [-0.39, 0.29) is 11.6 Å². The van der Waals surface area contributed by atoms with E-state index >= 15 is 0 Å². The average molecular weight is 248 g/mol. The third-order valence-electron chi connectivity index (χ3n) is 2.63. The summed E-state index contributed by atoms with van der Waals surface area (Å²) in [7, 11) is 0. The van der Waals surface area contributed by atoms with Gasteiger partial charge in [-0.3, -0.25) is 9.89 Å². The minimum atomic E-state index is -1.09. The molecule has 0 radical (unpaired) electrons. The number of nitrogens with one attached hydrogen (secondary N) is 3. The van der Waals surface area contributed by atoms with E-state index in [9.17, 15) is 9.59 Å². The summed E-state index contributed by atoms with van der Waals surface area (Å²) in [5, 5.41) is 17.9. The molecule has 1 amide bonds. The molecule has 0 spiro atoms. The number of carboxylic acids is 1. The molecular weight excluding hydrogens is 236 g/mol. The lowest BCUT2D eigenvalue weighted by Gasteiger charge is -2.02. The molecule has 4 N–H and O–H groups in total. The Bertz CT molecular complexity index is 598. The van der Waals surface area contributed by atoms with E-state index in [4.69, 9.17) is 5.11 Å². The average Bonchev–Trinajstić information content (AvgIpc) is 2.86. The number of aromatic carboxylic acids is 1. The van der Waals surface area contributed by atoms with Crippen LogP contribution in [-0.2, 0) is 0 Å². The number of hydrogen-bond donors (Lipinski definition) is 4. The molecule has 0 aliphatic heterocycles. The van der Waals surface area contributed by atoms with E-state index < -0.39 is 5.97 Å². The van der Waals surface area contributed by atoms with Gasteiger partial charge in [0, 0.05) is 11.9 Å². The molecule has 0 saturated heterocycles. The second kappa shape index (κ2) is 4.36. The minimum absolute atomic E-state index is 0.0323. The number of aromatic nitrogens is 3. The van der Waals surface area contributed by atoms with E-state index in [1.165, 1.54) is 12.4 Å². The Balaban J connectivity index is 2.33. The van der Waals surface area contributed by atoms with Crippen LogP contribution in [0.5, 0.6) is 0 Å². The van der Waals surface area contributed by atoms with Crippen molar-refractivity contribution in [2.45, 2.75) is 13.8 Å². The number of hydrogen-bond acceptors (Lipinski definition) is 3. The summed E-state index contributed by atoms with van der Waals surface area (Å²) in [6.07, 6.45) is 3.00. The number of aryl methyl sites for hydroxylation is 1. The van der Waals surface area contributed by atoms with Crippen LogP contribution in [0.1, 0.15) is 32.1 Å². The molecule has 2 aromatic rings. The molecule has 7 heteroatoms. The van der Waals surface area contributed by atoms with Crippen molar-refractivity contribution in [2.24, 2.45) is 0 Å². The fraction of sp³-hybridized carbons (Fsp3) is 0.182. The van der Waals surface area contributed by atoms with Crippen molar-refractivity contribution in [3.8, 4) is 0 Å². The summed E-state index contributed by atoms with van der Waals surface area (Å²) in [6.45, 7) is 3.25. The molecule has 94 valence electrons. The molecule has 0 unspecified atom stereocenters. The van der Waals surface area contributed by atoms with Crippen molar-refractivity contribution in [1.29, 1.82) is 0 Å². The van der Waals surface area contributed by atoms with Crippen LogP contribution >= 0.6 is 0 Å². The van der Waals surface area contributed by atoms with E-state index in [1.54, 1.807) is 13.8 Å². The van der Waals surface area contributed by atoms with Crippen LogP contribution in [0.3, 0.4) is 0 Å². The third-order valence-corrected chi connectivity index (χ3v) is 2.63. The first-order valence-corrected chi connectivity index (χ1v) is 5.23. The molecule has 0 bridgehead atoms. The molecule has 7 nitrogen and oxygen atoms in total. The maximum atomic E-state index is 12.0. The highest BCUT2D eigenvalue weighted by atomic mass is 16.4. The minimum Gasteiger partial charge on any atom is -0.477 e. The van der Waals surface area contributed by atoms with Crippen molar-refractivity contribution in [2.75, 3.05) is 5.32 Å². The lowest BCUT2D eigenvalue weighted by Crippen LogP contribution is -2.13. The van der Waals surface area contributed by atoms with Gasteiger partial charge in [-0.2, -0.15) is 5.10 Å². The number of H-pyrrole nitrogens is 2. The zero-order valence-corrected chi connectivity index (χ0v) is 9.87. The maximum absolute atomic E-state index is 12.0. The van der Waals surface area contributed by atoms with Crippen LogP contribution in [0.15, 0.2) is 12.4 Å². The van der Waals surface area contributed by atoms with Crippen LogP contribution in [-0.4, -0.2) is 32.2 Å². The van der Waals surface area contributed by atoms with Gasteiger partial charge < -0.3 is 15.4 Å². The van der Waals surface area contributed by atoms with Crippen LogP contribution in [0.2, 0.25) is 0 Å². The summed E-state index contributed by atoms with van der Waals surface area (Å²) < 4.78 is 0. The molecule has 0 fully saturated rings. The van der Waals surface area contributed by atoms with Crippen LogP contribution in [0, 0.1) is 13.8 Å². The first-order valence-electron chi connectivity index (χ1n) is 5.23. The molecule has 0 atom stereocenters. The van der Waals surface area contributed by atoms with Crippen LogP contribution in [0.25, 0.3) is 0 Å². The molecular formula is C11H12N4O3. The molecule has 18 heavy (non-hydrogen) atoms. The maximum Gasteiger partial charge on any atom is 0.352 e. The van der Waals surface area contributed by atoms with Gasteiger partial charge >= 0.3 is 5.97 Å². The first-order chi connectivity index (χ1) is 8.50. The Morgan fingerprint density at radius 2 is 2.11 bits per heavy atom. The van der Waals surface area contributed by atoms with E-state index in [0.29, 0.717) is 22.5 Å². The van der Waals surface area contributed by atoms with E-state index in [1.807, 2.05) is 0 Å². The van der Waals surface area contributed by atoms with Gasteiger partial charge in [0.1, 0.15) is 5.69 Å². The Kier molecular flexibility index (Phi) is 2.88. The molecule has 2 heterocycles. The third kappa shape index (κ3) is 1.97. The number of aromatic amines is 2. The summed E-state index contributed by atoms with van der Waals surface area (Å²) in [4.78, 5) is 25.7. The lowest BCUT2D eigenvalue weighted by atomic mass is 10.1. The fourth-order valence-electron chi connectivity index (χ4n) is 1.82. The number of carbonyl (C=O) groups excluding carboxylic acids is 1. The Morgan fingerprint density at radius 3 is 2.61 bits per heavy atom. The Labute approximate surface area is 102 Å². The predicted molar refractivity (Wildman–Crippen MR) is 63.8 cm³/mol. The SMILES string of the molecule is Cc1[nH]c(C(=O)O)c(C)c1C(=O)Nc1cn[nH]c1. The molecule has 0 aromatic carbocycles. The topological polar surface area (TPSA) is 111 Å². The zero-order valence-electron chi connectivity index (χ0n) is 9.87. The number of nitrogens with zero attached hydrogens (tertiary/aromatic N) is 1. The van der Waals surface area contributed by atoms with Gasteiger partial charge in [0.15, 0.2) is 0 Å². The fourth-order valence-corrected chi connectivity index (χ4v) is 1.82. The number of carbonyl (C=O) groups is 2. The molecule has 2 aromatic heterocycles. The van der Waals surface area contributed by atoms with Crippen molar-refractivity contribution < 1.29 is 14.7 Å². The normalized spacial score (nSPS) is 10.3. The highest BCUT2D eigenvalue weighted by Gasteiger charge is 2.21. The van der Waals surface area contributed by atoms with E-state index in [2.05, 4.69) is 20.5 Å². The van der Waals surface area contributed by atoms with Crippen LogP contribution in [0.4, 0.5) is 5.69 Å². The monoisotopic (exact) mass is 248 g/mol. The standard InChI is InChI=1S/C11H12N4O3/c1-5-8(6(2)14-9(5)11(17)18)10(16)15-7-3-12-13-4-7/h3-4,14H,1-2H3,(H,12,13)(H,15,16)(H,17,18). The highest BCUT2D eigenvalue weighted by molar-refractivity contribution is 6.07. The number of anilines is 1. The summed E-state index contributed by atoms with van der Waals surface area (Å²) in [6, 6.07) is 0. The highest BCUT2D eigenvalue weighted by Crippen LogP contribution is 2.19. The Hall–Kier alpha value is -2.57. The zero-order chi connectivity index (χ0) is 13.3. The van der Waals surface area contributed by atoms with Gasteiger partial charge in [0.25, 0.3) is 5.91 Å². The second-order valence-electron chi connectivity index (χ2n) is 3.87. The van der Waals surface area contributed by atoms with Gasteiger partial charge in [-0.25, -0.2) is 4.79 Å². The summed E-state index contributed by atoms with van der Waals surface area (Å²) in [5.41, 5.74) is 1.84. The Morgan fingerprint density at radius 1 is 1.39 bits per heavy atom. The molecule has 0 aliphatic rings. The quantitative estimate of drug-likeness (QED) is 0.656. The second-order valence-corrected chi connectivity index (χ2v) is 3.87. The van der Waals surface area contributed by atoms with Crippen molar-refractivity contribution in [1.82, 2.24) is 15.2 Å². The first kappa shape index (κ1) is 11.9. The smallest absolute Gasteiger partial charge is 0.352 e. The molecule has 0 aliphatic carbocycles. The van der Waals surface area contributed by atoms with E-state index in [0.717, 1.165) is 0 Å².